The fourth-order valence-electron chi connectivity index (χ4n) is 3.21. The molecule has 0 saturated heterocycles. The summed E-state index contributed by atoms with van der Waals surface area (Å²) >= 11 is 0.932. The van der Waals surface area contributed by atoms with Gasteiger partial charge in [-0.25, -0.2) is 4.79 Å². The van der Waals surface area contributed by atoms with Crippen molar-refractivity contribution in [3.63, 3.8) is 0 Å². The van der Waals surface area contributed by atoms with Gasteiger partial charge in [-0.2, -0.15) is 0 Å². The lowest BCUT2D eigenvalue weighted by molar-refractivity contribution is -0.139. The molecule has 2 rings (SSSR count). The predicted octanol–water partition coefficient (Wildman–Crippen LogP) is 2.75. The van der Waals surface area contributed by atoms with E-state index in [0.29, 0.717) is 30.8 Å². The van der Waals surface area contributed by atoms with Crippen molar-refractivity contribution >= 4 is 29.1 Å². The van der Waals surface area contributed by atoms with Gasteiger partial charge in [0.1, 0.15) is 10.4 Å². The van der Waals surface area contributed by atoms with Gasteiger partial charge in [0, 0.05) is 13.1 Å². The molecule has 2 N–H and O–H groups in total. The van der Waals surface area contributed by atoms with Gasteiger partial charge in [-0.15, -0.1) is 11.3 Å². The normalized spacial score (nSPS) is 16.4. The van der Waals surface area contributed by atoms with Gasteiger partial charge in [-0.3, -0.25) is 9.59 Å². The number of nitrogens with one attached hydrogen (secondary N) is 1. The van der Waals surface area contributed by atoms with E-state index in [0.717, 1.165) is 30.6 Å². The Labute approximate surface area is 145 Å². The highest BCUT2D eigenvalue weighted by molar-refractivity contribution is 7.15. The number of thiophene rings is 1. The van der Waals surface area contributed by atoms with Gasteiger partial charge in [0.15, 0.2) is 0 Å². The second kappa shape index (κ2) is 7.79. The van der Waals surface area contributed by atoms with Crippen molar-refractivity contribution in [3.8, 4) is 0 Å². The van der Waals surface area contributed by atoms with Gasteiger partial charge in [0.2, 0.25) is 5.91 Å². The summed E-state index contributed by atoms with van der Waals surface area (Å²) in [6.45, 7) is 5.07. The smallest absolute Gasteiger partial charge is 0.345 e. The summed E-state index contributed by atoms with van der Waals surface area (Å²) in [5.41, 5.74) is -0.866. The monoisotopic (exact) mass is 352 g/mol. The maximum atomic E-state index is 13.0. The number of likely N-dealkylation sites (N-methyl/N-ethyl adjacent to an activating group) is 1. The van der Waals surface area contributed by atoms with E-state index in [9.17, 15) is 14.4 Å². The zero-order valence-corrected chi connectivity index (χ0v) is 14.9. The van der Waals surface area contributed by atoms with Crippen molar-refractivity contribution in [2.24, 2.45) is 0 Å². The van der Waals surface area contributed by atoms with E-state index in [1.54, 1.807) is 4.90 Å². The molecule has 0 aliphatic heterocycles. The molecule has 0 atom stereocenters. The number of rotatable bonds is 6. The summed E-state index contributed by atoms with van der Waals surface area (Å²) < 4.78 is 0. The first kappa shape index (κ1) is 18.4. The van der Waals surface area contributed by atoms with Crippen LogP contribution in [-0.2, 0) is 4.79 Å². The van der Waals surface area contributed by atoms with Gasteiger partial charge in [0.25, 0.3) is 5.91 Å². The number of carbonyl (C=O) groups excluding carboxylic acids is 2. The largest absolute Gasteiger partial charge is 0.477 e. The number of nitrogens with zero attached hydrogens (tertiary/aromatic N) is 1. The summed E-state index contributed by atoms with van der Waals surface area (Å²) in [6.07, 6.45) is 4.12. The molecule has 1 fully saturated rings. The van der Waals surface area contributed by atoms with Crippen LogP contribution in [0.3, 0.4) is 0 Å². The number of carboxylic acid groups (broad SMARTS) is 1. The van der Waals surface area contributed by atoms with Crippen molar-refractivity contribution in [2.45, 2.75) is 51.5 Å². The van der Waals surface area contributed by atoms with Crippen LogP contribution in [0.2, 0.25) is 0 Å². The highest BCUT2D eigenvalue weighted by Crippen LogP contribution is 2.31. The third kappa shape index (κ3) is 3.77. The number of carbonyl (C=O) groups is 3. The van der Waals surface area contributed by atoms with Crippen molar-refractivity contribution in [1.82, 2.24) is 10.2 Å². The first-order valence-corrected chi connectivity index (χ1v) is 9.20. The Kier molecular flexibility index (Phi) is 5.99. The zero-order chi connectivity index (χ0) is 17.7. The lowest BCUT2D eigenvalue weighted by Crippen LogP contribution is -2.60. The lowest BCUT2D eigenvalue weighted by atomic mass is 9.80. The molecule has 0 unspecified atom stereocenters. The molecule has 1 aliphatic rings. The topological polar surface area (TPSA) is 86.7 Å². The Morgan fingerprint density at radius 1 is 1.12 bits per heavy atom. The van der Waals surface area contributed by atoms with E-state index in [-0.39, 0.29) is 16.7 Å². The number of hydrogen-bond acceptors (Lipinski definition) is 4. The fourth-order valence-corrected chi connectivity index (χ4v) is 3.96. The Morgan fingerprint density at radius 2 is 1.71 bits per heavy atom. The van der Waals surface area contributed by atoms with Gasteiger partial charge >= 0.3 is 5.97 Å². The molecule has 0 spiro atoms. The molecule has 1 aliphatic carbocycles. The highest BCUT2D eigenvalue weighted by Gasteiger charge is 2.43. The Morgan fingerprint density at radius 3 is 2.21 bits per heavy atom. The summed E-state index contributed by atoms with van der Waals surface area (Å²) in [6, 6.07) is 2.92. The van der Waals surface area contributed by atoms with Crippen LogP contribution in [0.15, 0.2) is 12.1 Å². The maximum absolute atomic E-state index is 13.0. The van der Waals surface area contributed by atoms with Crippen molar-refractivity contribution in [1.29, 1.82) is 0 Å². The van der Waals surface area contributed by atoms with Crippen LogP contribution in [-0.4, -0.2) is 46.4 Å². The zero-order valence-electron chi connectivity index (χ0n) is 14.1. The van der Waals surface area contributed by atoms with Crippen LogP contribution in [0.5, 0.6) is 0 Å². The number of carboxylic acids is 1. The summed E-state index contributed by atoms with van der Waals surface area (Å²) in [5, 5.41) is 11.9. The van der Waals surface area contributed by atoms with Crippen molar-refractivity contribution in [3.05, 3.63) is 21.9 Å². The maximum Gasteiger partial charge on any atom is 0.345 e. The predicted molar refractivity (Wildman–Crippen MR) is 92.5 cm³/mol. The fraction of sp³-hybridized carbons (Fsp3) is 0.588. The quantitative estimate of drug-likeness (QED) is 0.824. The lowest BCUT2D eigenvalue weighted by Gasteiger charge is -2.39. The molecule has 24 heavy (non-hydrogen) atoms. The van der Waals surface area contributed by atoms with Gasteiger partial charge in [-0.1, -0.05) is 19.3 Å². The highest BCUT2D eigenvalue weighted by atomic mass is 32.1. The van der Waals surface area contributed by atoms with Crippen LogP contribution in [0.1, 0.15) is 65.3 Å². The van der Waals surface area contributed by atoms with Crippen molar-refractivity contribution in [2.75, 3.05) is 13.1 Å². The number of aromatic carboxylic acids is 1. The first-order valence-electron chi connectivity index (χ1n) is 8.38. The van der Waals surface area contributed by atoms with E-state index in [4.69, 9.17) is 5.11 Å². The minimum absolute atomic E-state index is 0.0319. The standard InChI is InChI=1S/C17H24N2O4S/c1-3-19(4-2)16(23)17(10-6-5-7-11-17)18-14(20)12-8-9-13(24-12)15(21)22/h8-9H,3-7,10-11H2,1-2H3,(H,18,20)(H,21,22). The molecule has 2 amide bonds. The Balaban J connectivity index is 2.23. The molecule has 6 nitrogen and oxygen atoms in total. The minimum atomic E-state index is -1.05. The summed E-state index contributed by atoms with van der Waals surface area (Å²) in [5.74, 6) is -1.45. The Bertz CT molecular complexity index is 616. The minimum Gasteiger partial charge on any atom is -0.477 e. The molecule has 7 heteroatoms. The van der Waals surface area contributed by atoms with E-state index in [1.807, 2.05) is 13.8 Å². The van der Waals surface area contributed by atoms with Gasteiger partial charge < -0.3 is 15.3 Å². The number of amides is 2. The van der Waals surface area contributed by atoms with E-state index >= 15 is 0 Å². The van der Waals surface area contributed by atoms with Crippen LogP contribution in [0, 0.1) is 0 Å². The molecule has 0 bridgehead atoms. The molecule has 1 saturated carbocycles. The molecule has 1 aromatic rings. The number of hydrogen-bond donors (Lipinski definition) is 2. The molecule has 1 aromatic heterocycles. The van der Waals surface area contributed by atoms with E-state index in [2.05, 4.69) is 5.32 Å². The van der Waals surface area contributed by atoms with Gasteiger partial charge in [0.05, 0.1) is 4.88 Å². The van der Waals surface area contributed by atoms with E-state index < -0.39 is 11.5 Å². The van der Waals surface area contributed by atoms with Crippen LogP contribution in [0.25, 0.3) is 0 Å². The van der Waals surface area contributed by atoms with Crippen LogP contribution < -0.4 is 5.32 Å². The molecule has 1 heterocycles. The summed E-state index contributed by atoms with van der Waals surface area (Å²) in [4.78, 5) is 38.8. The molecule has 132 valence electrons. The second-order valence-corrected chi connectivity index (χ2v) is 7.13. The first-order chi connectivity index (χ1) is 11.4. The average Bonchev–Trinajstić information content (AvgIpc) is 3.07. The van der Waals surface area contributed by atoms with Crippen LogP contribution in [0.4, 0.5) is 0 Å². The third-order valence-corrected chi connectivity index (χ3v) is 5.63. The SMILES string of the molecule is CCN(CC)C(=O)C1(NC(=O)c2ccc(C(=O)O)s2)CCCCC1. The molecular weight excluding hydrogens is 328 g/mol. The van der Waals surface area contributed by atoms with E-state index in [1.165, 1.54) is 12.1 Å². The second-order valence-electron chi connectivity index (χ2n) is 6.04. The van der Waals surface area contributed by atoms with Gasteiger partial charge in [-0.05, 0) is 38.8 Å². The van der Waals surface area contributed by atoms with Crippen LogP contribution >= 0.6 is 11.3 Å². The molecule has 0 radical (unpaired) electrons. The molecule has 0 aromatic carbocycles. The average molecular weight is 352 g/mol. The molecular formula is C17H24N2O4S. The van der Waals surface area contributed by atoms with Crippen molar-refractivity contribution < 1.29 is 19.5 Å². The Hall–Kier alpha value is -1.89. The third-order valence-electron chi connectivity index (χ3n) is 4.56. The summed E-state index contributed by atoms with van der Waals surface area (Å²) in [7, 11) is 0.